The molecule has 0 spiro atoms. The largest absolute Gasteiger partial charge is 0.504 e. The van der Waals surface area contributed by atoms with Crippen molar-refractivity contribution in [3.8, 4) is 34.5 Å². The Labute approximate surface area is 248 Å². The number of hydrogen-bond acceptors (Lipinski definition) is 4. The second-order valence-corrected chi connectivity index (χ2v) is 10.3. The minimum absolute atomic E-state index is 0.163. The van der Waals surface area contributed by atoms with Crippen LogP contribution in [-0.4, -0.2) is 10.2 Å². The zero-order valence-corrected chi connectivity index (χ0v) is 23.7. The van der Waals surface area contributed by atoms with Gasteiger partial charge in [-0.1, -0.05) is 85.0 Å². The lowest BCUT2D eigenvalue weighted by atomic mass is 10.1. The first kappa shape index (κ1) is 28.6. The Morgan fingerprint density at radius 1 is 0.429 bits per heavy atom. The van der Waals surface area contributed by atoms with Gasteiger partial charge in [0.05, 0.1) is 0 Å². The summed E-state index contributed by atoms with van der Waals surface area (Å²) in [6.07, 6.45) is 22.6. The van der Waals surface area contributed by atoms with E-state index in [0.717, 1.165) is 61.2 Å². The van der Waals surface area contributed by atoms with E-state index in [1.54, 1.807) is 12.1 Å². The van der Waals surface area contributed by atoms with Crippen LogP contribution in [-0.2, 0) is 25.7 Å². The maximum Gasteiger partial charge on any atom is 0.169 e. The molecule has 0 saturated carbocycles. The minimum atomic E-state index is 0.163. The lowest BCUT2D eigenvalue weighted by Gasteiger charge is -2.09. The molecule has 4 aromatic rings. The van der Waals surface area contributed by atoms with Crippen molar-refractivity contribution < 1.29 is 19.7 Å². The number of rotatable bonds is 0. The highest BCUT2D eigenvalue weighted by Gasteiger charge is 2.07. The number of phenols is 2. The molecule has 4 aliphatic heterocycles. The molecule has 4 nitrogen and oxygen atoms in total. The topological polar surface area (TPSA) is 58.9 Å². The quantitative estimate of drug-likeness (QED) is 0.226. The molecule has 2 N–H and O–H groups in total. The summed E-state index contributed by atoms with van der Waals surface area (Å²) in [5.41, 5.74) is 4.78. The molecule has 8 bridgehead atoms. The number of ether oxygens (including phenoxy) is 2. The first-order valence-electron chi connectivity index (χ1n) is 14.4. The third-order valence-corrected chi connectivity index (χ3v) is 7.02. The maximum atomic E-state index is 9.92. The Morgan fingerprint density at radius 3 is 1.24 bits per heavy atom. The molecule has 0 unspecified atom stereocenters. The number of aryl methyl sites for hydroxylation is 2. The van der Waals surface area contributed by atoms with E-state index in [1.165, 1.54) is 11.1 Å². The summed E-state index contributed by atoms with van der Waals surface area (Å²) < 4.78 is 11.6. The fraction of sp³-hybridized carbons (Fsp3) is 0.158. The van der Waals surface area contributed by atoms with Crippen molar-refractivity contribution in [2.75, 3.05) is 0 Å². The van der Waals surface area contributed by atoms with Crippen molar-refractivity contribution in [3.05, 3.63) is 156 Å². The normalized spacial score (nSPS) is 17.3. The Kier molecular flexibility index (Phi) is 9.93. The SMILES string of the molecule is Oc1ccc2cc1Oc1ccc(cc1)CC/C=C/C=C/C2.Oc1ccc2cc1Oc1ccc(cc1)CC/C=C/C=C/C2. The summed E-state index contributed by atoms with van der Waals surface area (Å²) in [5, 5.41) is 19.8. The van der Waals surface area contributed by atoms with Crippen LogP contribution < -0.4 is 9.47 Å². The molecule has 4 aliphatic rings. The summed E-state index contributed by atoms with van der Waals surface area (Å²) in [5.74, 6) is 2.81. The van der Waals surface area contributed by atoms with Crippen LogP contribution in [0.2, 0.25) is 0 Å². The Bertz CT molecular complexity index is 1450. The minimum Gasteiger partial charge on any atom is -0.504 e. The predicted molar refractivity (Wildman–Crippen MR) is 170 cm³/mol. The average Bonchev–Trinajstić information content (AvgIpc) is 3.02. The molecule has 0 radical (unpaired) electrons. The molecule has 0 amide bonds. The molecule has 0 atom stereocenters. The second-order valence-electron chi connectivity index (χ2n) is 10.3. The molecule has 0 saturated heterocycles. The number of fused-ring (bicyclic) bond motifs is 12. The van der Waals surface area contributed by atoms with Crippen molar-refractivity contribution in [3.63, 3.8) is 0 Å². The van der Waals surface area contributed by atoms with Crippen LogP contribution in [0.1, 0.15) is 35.1 Å². The fourth-order valence-electron chi connectivity index (χ4n) is 4.65. The summed E-state index contributed by atoms with van der Waals surface area (Å²) in [4.78, 5) is 0. The highest BCUT2D eigenvalue weighted by molar-refractivity contribution is 5.46. The van der Waals surface area contributed by atoms with Gasteiger partial charge in [-0.25, -0.2) is 0 Å². The van der Waals surface area contributed by atoms with E-state index in [9.17, 15) is 10.2 Å². The van der Waals surface area contributed by atoms with Crippen LogP contribution in [0.5, 0.6) is 34.5 Å². The number of benzene rings is 4. The van der Waals surface area contributed by atoms with Gasteiger partial charge in [-0.2, -0.15) is 0 Å². The molecular weight excluding hydrogens is 520 g/mol. The Balaban J connectivity index is 0.000000168. The zero-order chi connectivity index (χ0) is 29.0. The van der Waals surface area contributed by atoms with Crippen molar-refractivity contribution in [1.29, 1.82) is 0 Å². The Morgan fingerprint density at radius 2 is 0.810 bits per heavy atom. The van der Waals surface area contributed by atoms with Gasteiger partial charge in [-0.05, 0) is 109 Å². The van der Waals surface area contributed by atoms with Crippen LogP contribution in [0.3, 0.4) is 0 Å². The molecule has 4 aromatic carbocycles. The van der Waals surface area contributed by atoms with E-state index in [-0.39, 0.29) is 11.5 Å². The molecule has 42 heavy (non-hydrogen) atoms. The van der Waals surface area contributed by atoms with E-state index < -0.39 is 0 Å². The number of aromatic hydroxyl groups is 2. The van der Waals surface area contributed by atoms with Crippen LogP contribution in [0, 0.1) is 0 Å². The van der Waals surface area contributed by atoms with Gasteiger partial charge >= 0.3 is 0 Å². The van der Waals surface area contributed by atoms with Crippen LogP contribution >= 0.6 is 0 Å². The molecule has 4 heterocycles. The Hall–Kier alpha value is -4.96. The molecule has 0 fully saturated rings. The number of phenolic OH excluding ortho intramolecular Hbond substituents is 2. The molecule has 212 valence electrons. The van der Waals surface area contributed by atoms with Gasteiger partial charge in [-0.15, -0.1) is 0 Å². The summed E-state index contributed by atoms with van der Waals surface area (Å²) in [6.45, 7) is 0. The van der Waals surface area contributed by atoms with E-state index >= 15 is 0 Å². The smallest absolute Gasteiger partial charge is 0.169 e. The van der Waals surface area contributed by atoms with Gasteiger partial charge in [0.2, 0.25) is 0 Å². The monoisotopic (exact) mass is 556 g/mol. The fourth-order valence-corrected chi connectivity index (χ4v) is 4.65. The first-order valence-corrected chi connectivity index (χ1v) is 14.4. The predicted octanol–water partition coefficient (Wildman–Crippen LogP) is 9.57. The molecule has 0 aliphatic carbocycles. The van der Waals surface area contributed by atoms with Gasteiger partial charge in [0.15, 0.2) is 23.0 Å². The third kappa shape index (κ3) is 8.52. The van der Waals surface area contributed by atoms with E-state index in [4.69, 9.17) is 9.47 Å². The molecule has 0 aromatic heterocycles. The third-order valence-electron chi connectivity index (χ3n) is 7.02. The van der Waals surface area contributed by atoms with Gasteiger partial charge < -0.3 is 19.7 Å². The number of allylic oxidation sites excluding steroid dienone is 8. The highest BCUT2D eigenvalue weighted by atomic mass is 16.5. The lowest BCUT2D eigenvalue weighted by molar-refractivity contribution is 0.411. The van der Waals surface area contributed by atoms with Crippen molar-refractivity contribution >= 4 is 0 Å². The van der Waals surface area contributed by atoms with Crippen molar-refractivity contribution in [2.45, 2.75) is 38.5 Å². The van der Waals surface area contributed by atoms with Crippen LogP contribution in [0.15, 0.2) is 134 Å². The van der Waals surface area contributed by atoms with E-state index in [2.05, 4.69) is 72.9 Å². The van der Waals surface area contributed by atoms with Gasteiger partial charge in [0, 0.05) is 0 Å². The number of hydrogen-bond donors (Lipinski definition) is 2. The second kappa shape index (κ2) is 14.6. The van der Waals surface area contributed by atoms with Crippen LogP contribution in [0.4, 0.5) is 0 Å². The van der Waals surface area contributed by atoms with Crippen LogP contribution in [0.25, 0.3) is 0 Å². The average molecular weight is 557 g/mol. The van der Waals surface area contributed by atoms with E-state index in [1.807, 2.05) is 48.5 Å². The summed E-state index contributed by atoms with van der Waals surface area (Å²) >= 11 is 0. The lowest BCUT2D eigenvalue weighted by Crippen LogP contribution is -1.89. The van der Waals surface area contributed by atoms with Gasteiger partial charge in [0.25, 0.3) is 0 Å². The molecular formula is C38H36O4. The standard InChI is InChI=1S/2C19H18O2/c2*20-18-13-10-16-7-5-3-1-2-4-6-15-8-11-17(12-9-15)21-19(18)14-16/h2*1-3,5,8-14,20H,4,6-7H2/b2*2-1+,5-3+. The first-order chi connectivity index (χ1) is 20.6. The zero-order valence-electron chi connectivity index (χ0n) is 23.7. The summed E-state index contributed by atoms with van der Waals surface area (Å²) in [6, 6.07) is 27.0. The van der Waals surface area contributed by atoms with Gasteiger partial charge in [0.1, 0.15) is 11.5 Å². The highest BCUT2D eigenvalue weighted by Crippen LogP contribution is 2.33. The maximum absolute atomic E-state index is 9.92. The van der Waals surface area contributed by atoms with Crippen molar-refractivity contribution in [1.82, 2.24) is 0 Å². The van der Waals surface area contributed by atoms with Gasteiger partial charge in [-0.3, -0.25) is 0 Å². The van der Waals surface area contributed by atoms with E-state index in [0.29, 0.717) is 11.5 Å². The van der Waals surface area contributed by atoms with Crippen molar-refractivity contribution in [2.24, 2.45) is 0 Å². The molecule has 8 rings (SSSR count). The summed E-state index contributed by atoms with van der Waals surface area (Å²) in [7, 11) is 0. The molecule has 4 heteroatoms.